The van der Waals surface area contributed by atoms with E-state index in [2.05, 4.69) is 29.1 Å². The van der Waals surface area contributed by atoms with E-state index >= 15 is 0 Å². The summed E-state index contributed by atoms with van der Waals surface area (Å²) < 4.78 is 0. The van der Waals surface area contributed by atoms with Crippen molar-refractivity contribution in [3.63, 3.8) is 0 Å². The topological polar surface area (TPSA) is 37.8 Å². The van der Waals surface area contributed by atoms with Gasteiger partial charge in [-0.1, -0.05) is 6.92 Å². The van der Waals surface area contributed by atoms with Crippen LogP contribution < -0.4 is 5.32 Å². The number of aryl methyl sites for hydroxylation is 1. The van der Waals surface area contributed by atoms with Crippen LogP contribution in [0.5, 0.6) is 0 Å². The number of nitrogens with one attached hydrogen (secondary N) is 1. The van der Waals surface area contributed by atoms with Crippen LogP contribution in [0, 0.1) is 6.92 Å². The number of anilines is 1. The minimum Gasteiger partial charge on any atom is -0.367 e. The number of halogens is 1. The van der Waals surface area contributed by atoms with E-state index in [9.17, 15) is 0 Å². The zero-order valence-corrected chi connectivity index (χ0v) is 11.5. The van der Waals surface area contributed by atoms with E-state index in [0.29, 0.717) is 11.3 Å². The molecule has 0 saturated carbocycles. The molecule has 1 aromatic rings. The molecular formula is C11H18ClN3S. The van der Waals surface area contributed by atoms with Gasteiger partial charge in [0.1, 0.15) is 5.82 Å². The fourth-order valence-electron chi connectivity index (χ4n) is 1.34. The van der Waals surface area contributed by atoms with Crippen molar-refractivity contribution >= 4 is 29.2 Å². The first-order valence-electron chi connectivity index (χ1n) is 5.47. The highest BCUT2D eigenvalue weighted by molar-refractivity contribution is 7.99. The lowest BCUT2D eigenvalue weighted by molar-refractivity contribution is 0.765. The van der Waals surface area contributed by atoms with Crippen LogP contribution >= 0.6 is 23.4 Å². The zero-order valence-electron chi connectivity index (χ0n) is 9.96. The molecule has 0 amide bonds. The van der Waals surface area contributed by atoms with Gasteiger partial charge in [0.15, 0.2) is 0 Å². The minimum atomic E-state index is 0.303. The summed E-state index contributed by atoms with van der Waals surface area (Å²) in [6, 6.07) is 2.32. The standard InChI is InChI=1S/C11H18ClN3S/c1-4-16-6-5-8(2)13-10-7-9(3)14-11(12)15-10/h7-8H,4-6H2,1-3H3,(H,13,14,15). The molecule has 0 aliphatic carbocycles. The molecule has 1 aromatic heterocycles. The van der Waals surface area contributed by atoms with Crippen molar-refractivity contribution in [3.05, 3.63) is 17.0 Å². The molecule has 0 fully saturated rings. The van der Waals surface area contributed by atoms with Crippen molar-refractivity contribution in [1.29, 1.82) is 0 Å². The Kier molecular flexibility index (Phi) is 5.91. The molecule has 1 heterocycles. The summed E-state index contributed by atoms with van der Waals surface area (Å²) in [4.78, 5) is 8.17. The molecule has 1 atom stereocenters. The Labute approximate surface area is 106 Å². The van der Waals surface area contributed by atoms with Gasteiger partial charge in [0.05, 0.1) is 0 Å². The third-order valence-electron chi connectivity index (χ3n) is 2.12. The normalized spacial score (nSPS) is 12.5. The van der Waals surface area contributed by atoms with E-state index in [1.54, 1.807) is 0 Å². The fourth-order valence-corrected chi connectivity index (χ4v) is 2.37. The van der Waals surface area contributed by atoms with Crippen molar-refractivity contribution in [2.75, 3.05) is 16.8 Å². The average molecular weight is 260 g/mol. The van der Waals surface area contributed by atoms with Crippen LogP contribution in [0.1, 0.15) is 26.0 Å². The summed E-state index contributed by atoms with van der Waals surface area (Å²) in [5.41, 5.74) is 0.887. The van der Waals surface area contributed by atoms with Gasteiger partial charge >= 0.3 is 0 Å². The molecule has 0 radical (unpaired) electrons. The summed E-state index contributed by atoms with van der Waals surface area (Å²) in [5, 5.41) is 3.64. The van der Waals surface area contributed by atoms with E-state index in [4.69, 9.17) is 11.6 Å². The highest BCUT2D eigenvalue weighted by Gasteiger charge is 2.04. The number of hydrogen-bond donors (Lipinski definition) is 1. The van der Waals surface area contributed by atoms with Gasteiger partial charge in [-0.25, -0.2) is 9.97 Å². The zero-order chi connectivity index (χ0) is 12.0. The Morgan fingerprint density at radius 3 is 2.88 bits per heavy atom. The largest absolute Gasteiger partial charge is 0.367 e. The Morgan fingerprint density at radius 1 is 1.50 bits per heavy atom. The van der Waals surface area contributed by atoms with Gasteiger partial charge in [0.25, 0.3) is 0 Å². The van der Waals surface area contributed by atoms with E-state index in [-0.39, 0.29) is 0 Å². The lowest BCUT2D eigenvalue weighted by Gasteiger charge is -2.14. The number of hydrogen-bond acceptors (Lipinski definition) is 4. The molecule has 90 valence electrons. The molecular weight excluding hydrogens is 242 g/mol. The van der Waals surface area contributed by atoms with Gasteiger partial charge in [-0.3, -0.25) is 0 Å². The molecule has 1 rings (SSSR count). The van der Waals surface area contributed by atoms with Crippen LogP contribution in [-0.4, -0.2) is 27.5 Å². The van der Waals surface area contributed by atoms with Crippen LogP contribution in [0.25, 0.3) is 0 Å². The van der Waals surface area contributed by atoms with Gasteiger partial charge in [-0.15, -0.1) is 0 Å². The van der Waals surface area contributed by atoms with E-state index in [1.807, 2.05) is 24.8 Å². The summed E-state index contributed by atoms with van der Waals surface area (Å²) in [6.07, 6.45) is 1.12. The summed E-state index contributed by atoms with van der Waals surface area (Å²) in [6.45, 7) is 6.24. The van der Waals surface area contributed by atoms with Crippen LogP contribution in [0.2, 0.25) is 5.28 Å². The predicted molar refractivity (Wildman–Crippen MR) is 72.5 cm³/mol. The molecule has 0 aliphatic heterocycles. The Morgan fingerprint density at radius 2 is 2.25 bits per heavy atom. The highest BCUT2D eigenvalue weighted by Crippen LogP contribution is 2.13. The second-order valence-corrected chi connectivity index (χ2v) is 5.43. The lowest BCUT2D eigenvalue weighted by atomic mass is 10.2. The molecule has 16 heavy (non-hydrogen) atoms. The first-order chi connectivity index (χ1) is 7.61. The molecule has 0 spiro atoms. The maximum Gasteiger partial charge on any atom is 0.224 e. The monoisotopic (exact) mass is 259 g/mol. The van der Waals surface area contributed by atoms with Gasteiger partial charge in [0, 0.05) is 17.8 Å². The Bertz CT molecular complexity index is 313. The first-order valence-corrected chi connectivity index (χ1v) is 7.00. The van der Waals surface area contributed by atoms with Crippen LogP contribution in [0.4, 0.5) is 5.82 Å². The maximum absolute atomic E-state index is 5.79. The fraction of sp³-hybridized carbons (Fsp3) is 0.636. The third-order valence-corrected chi connectivity index (χ3v) is 3.22. The predicted octanol–water partition coefficient (Wildman–Crippen LogP) is 3.38. The molecule has 0 bridgehead atoms. The molecule has 3 nitrogen and oxygen atoms in total. The first kappa shape index (κ1) is 13.6. The molecule has 1 unspecified atom stereocenters. The lowest BCUT2D eigenvalue weighted by Crippen LogP contribution is -2.17. The molecule has 0 aromatic carbocycles. The summed E-state index contributed by atoms with van der Waals surface area (Å²) >= 11 is 7.75. The second-order valence-electron chi connectivity index (χ2n) is 3.69. The number of rotatable bonds is 6. The van der Waals surface area contributed by atoms with Gasteiger partial charge in [0.2, 0.25) is 5.28 Å². The average Bonchev–Trinajstić information content (AvgIpc) is 2.16. The van der Waals surface area contributed by atoms with E-state index in [0.717, 1.165) is 17.9 Å². The summed E-state index contributed by atoms with van der Waals surface area (Å²) in [7, 11) is 0. The molecule has 1 N–H and O–H groups in total. The number of nitrogens with zero attached hydrogens (tertiary/aromatic N) is 2. The molecule has 5 heteroatoms. The highest BCUT2D eigenvalue weighted by atomic mass is 35.5. The van der Waals surface area contributed by atoms with Crippen molar-refractivity contribution in [2.24, 2.45) is 0 Å². The van der Waals surface area contributed by atoms with Crippen molar-refractivity contribution in [3.8, 4) is 0 Å². The molecule has 0 aliphatic rings. The summed E-state index contributed by atoms with van der Waals surface area (Å²) in [5.74, 6) is 3.15. The van der Waals surface area contributed by atoms with Gasteiger partial charge in [-0.05, 0) is 43.4 Å². The van der Waals surface area contributed by atoms with Gasteiger partial charge < -0.3 is 5.32 Å². The third kappa shape index (κ3) is 5.03. The second kappa shape index (κ2) is 6.97. The quantitative estimate of drug-likeness (QED) is 0.628. The van der Waals surface area contributed by atoms with E-state index in [1.165, 1.54) is 11.5 Å². The van der Waals surface area contributed by atoms with Crippen LogP contribution in [0.15, 0.2) is 6.07 Å². The number of aromatic nitrogens is 2. The van der Waals surface area contributed by atoms with Crippen molar-refractivity contribution in [2.45, 2.75) is 33.2 Å². The smallest absolute Gasteiger partial charge is 0.224 e. The van der Waals surface area contributed by atoms with Gasteiger partial charge in [-0.2, -0.15) is 11.8 Å². The Hall–Kier alpha value is -0.480. The van der Waals surface area contributed by atoms with Crippen molar-refractivity contribution in [1.82, 2.24) is 9.97 Å². The SMILES string of the molecule is CCSCCC(C)Nc1cc(C)nc(Cl)n1. The Balaban J connectivity index is 2.45. The van der Waals surface area contributed by atoms with Crippen molar-refractivity contribution < 1.29 is 0 Å². The minimum absolute atomic E-state index is 0.303. The maximum atomic E-state index is 5.79. The van der Waals surface area contributed by atoms with Crippen LogP contribution in [0.3, 0.4) is 0 Å². The number of thioether (sulfide) groups is 1. The molecule has 0 saturated heterocycles. The van der Waals surface area contributed by atoms with E-state index < -0.39 is 0 Å². The van der Waals surface area contributed by atoms with Crippen LogP contribution in [-0.2, 0) is 0 Å².